The van der Waals surface area contributed by atoms with Gasteiger partial charge in [-0.2, -0.15) is 0 Å². The zero-order chi connectivity index (χ0) is 15.7. The van der Waals surface area contributed by atoms with Gasteiger partial charge in [0.15, 0.2) is 0 Å². The lowest BCUT2D eigenvalue weighted by Gasteiger charge is -2.49. The summed E-state index contributed by atoms with van der Waals surface area (Å²) in [5.74, 6) is 0.453. The van der Waals surface area contributed by atoms with Crippen molar-refractivity contribution in [2.45, 2.75) is 25.6 Å². The molecule has 0 aliphatic carbocycles. The summed E-state index contributed by atoms with van der Waals surface area (Å²) in [7, 11) is 0. The molecule has 2 aromatic rings. The van der Waals surface area contributed by atoms with Crippen LogP contribution >= 0.6 is 11.3 Å². The molecule has 1 atom stereocenters. The summed E-state index contributed by atoms with van der Waals surface area (Å²) in [4.78, 5) is 6.28. The van der Waals surface area contributed by atoms with Gasteiger partial charge in [-0.1, -0.05) is 11.3 Å². The first-order valence-corrected chi connectivity index (χ1v) is 8.72. The van der Waals surface area contributed by atoms with Crippen molar-refractivity contribution in [1.29, 1.82) is 0 Å². The zero-order valence-corrected chi connectivity index (χ0v) is 14.0. The number of aryl methyl sites for hydroxylation is 1. The van der Waals surface area contributed by atoms with E-state index < -0.39 is 0 Å². The highest BCUT2D eigenvalue weighted by atomic mass is 32.1. The highest BCUT2D eigenvalue weighted by molar-refractivity contribution is 7.15. The summed E-state index contributed by atoms with van der Waals surface area (Å²) in [5, 5.41) is 10.3. The van der Waals surface area contributed by atoms with Crippen LogP contribution in [0.1, 0.15) is 17.0 Å². The Morgan fingerprint density at radius 3 is 2.91 bits per heavy atom. The smallest absolute Gasteiger partial charge is 0.208 e. The van der Waals surface area contributed by atoms with Gasteiger partial charge in [0.25, 0.3) is 0 Å². The molecule has 2 aliphatic heterocycles. The lowest BCUT2D eigenvalue weighted by molar-refractivity contribution is -0.0652. The topological polar surface area (TPSA) is 60.4 Å². The maximum Gasteiger partial charge on any atom is 0.208 e. The van der Waals surface area contributed by atoms with E-state index in [1.54, 1.807) is 23.7 Å². The third-order valence-corrected chi connectivity index (χ3v) is 5.54. The number of hydrogen-bond donors (Lipinski definition) is 0. The number of nitrogens with zero attached hydrogens (tertiary/aromatic N) is 4. The summed E-state index contributed by atoms with van der Waals surface area (Å²) < 4.78 is 12.0. The lowest BCUT2D eigenvalue weighted by atomic mass is 9.81. The van der Waals surface area contributed by atoms with Gasteiger partial charge in [-0.25, -0.2) is 0 Å². The highest BCUT2D eigenvalue weighted by Crippen LogP contribution is 2.42. The van der Waals surface area contributed by atoms with E-state index in [1.807, 2.05) is 19.1 Å². The van der Waals surface area contributed by atoms with Crippen LogP contribution in [0.15, 0.2) is 24.5 Å². The minimum atomic E-state index is -0.0577. The first-order valence-electron chi connectivity index (χ1n) is 7.91. The molecule has 4 rings (SSSR count). The average Bonchev–Trinajstić information content (AvgIpc) is 3.13. The number of hydrogen-bond acceptors (Lipinski definition) is 7. The van der Waals surface area contributed by atoms with Crippen molar-refractivity contribution in [3.05, 3.63) is 35.1 Å². The summed E-state index contributed by atoms with van der Waals surface area (Å²) in [6.45, 7) is 5.97. The monoisotopic (exact) mass is 332 g/mol. The third kappa shape index (κ3) is 2.96. The van der Waals surface area contributed by atoms with Crippen LogP contribution in [0.4, 0.5) is 5.13 Å². The molecule has 0 radical (unpaired) electrons. The van der Waals surface area contributed by atoms with Crippen LogP contribution in [0, 0.1) is 12.8 Å². The molecule has 0 aromatic carbocycles. The van der Waals surface area contributed by atoms with E-state index in [0.717, 1.165) is 48.4 Å². The van der Waals surface area contributed by atoms with Crippen molar-refractivity contribution >= 4 is 16.5 Å². The Hall–Kier alpha value is -1.57. The standard InChI is InChI=1S/C16H20N4O2S/c1-12-18-19-15(23-12)20-10-16(11-20)14(4-7-22-16)9-21-8-13-2-5-17-6-3-13/h2-3,5-6,14H,4,7-11H2,1H3/t14-/m1/s1. The SMILES string of the molecule is Cc1nnc(N2CC3(C2)OCC[C@@H]3COCc2ccncc2)s1. The molecule has 23 heavy (non-hydrogen) atoms. The normalized spacial score (nSPS) is 22.5. The fraction of sp³-hybridized carbons (Fsp3) is 0.562. The summed E-state index contributed by atoms with van der Waals surface area (Å²) in [6, 6.07) is 3.98. The Labute approximate surface area is 139 Å². The Morgan fingerprint density at radius 2 is 2.17 bits per heavy atom. The second-order valence-corrected chi connectivity index (χ2v) is 7.39. The van der Waals surface area contributed by atoms with Gasteiger partial charge in [-0.3, -0.25) is 4.98 Å². The molecule has 2 saturated heterocycles. The van der Waals surface area contributed by atoms with Crippen LogP contribution in [-0.4, -0.2) is 47.1 Å². The molecule has 0 bridgehead atoms. The van der Waals surface area contributed by atoms with Gasteiger partial charge in [0.05, 0.1) is 26.3 Å². The van der Waals surface area contributed by atoms with Crippen molar-refractivity contribution in [3.63, 3.8) is 0 Å². The molecule has 6 nitrogen and oxygen atoms in total. The molecular formula is C16H20N4O2S. The fourth-order valence-electron chi connectivity index (χ4n) is 3.32. The summed E-state index contributed by atoms with van der Waals surface area (Å²) >= 11 is 1.64. The number of ether oxygens (including phenoxy) is 2. The number of pyridine rings is 1. The van der Waals surface area contributed by atoms with E-state index in [2.05, 4.69) is 20.1 Å². The Balaban J connectivity index is 1.31. The molecule has 4 heterocycles. The molecule has 7 heteroatoms. The van der Waals surface area contributed by atoms with Crippen LogP contribution in [-0.2, 0) is 16.1 Å². The molecule has 2 fully saturated rings. The van der Waals surface area contributed by atoms with E-state index >= 15 is 0 Å². The van der Waals surface area contributed by atoms with E-state index in [4.69, 9.17) is 9.47 Å². The predicted octanol–water partition coefficient (Wildman–Crippen LogP) is 2.05. The second kappa shape index (κ2) is 6.14. The van der Waals surface area contributed by atoms with Crippen LogP contribution < -0.4 is 4.90 Å². The molecule has 0 amide bonds. The van der Waals surface area contributed by atoms with E-state index in [0.29, 0.717) is 12.5 Å². The van der Waals surface area contributed by atoms with Crippen molar-refractivity contribution in [2.75, 3.05) is 31.2 Å². The molecule has 122 valence electrons. The summed E-state index contributed by atoms with van der Waals surface area (Å²) in [5.41, 5.74) is 1.10. The molecule has 0 saturated carbocycles. The van der Waals surface area contributed by atoms with Crippen LogP contribution in [0.2, 0.25) is 0 Å². The van der Waals surface area contributed by atoms with Gasteiger partial charge < -0.3 is 14.4 Å². The zero-order valence-electron chi connectivity index (χ0n) is 13.1. The first-order chi connectivity index (χ1) is 11.3. The van der Waals surface area contributed by atoms with Crippen molar-refractivity contribution < 1.29 is 9.47 Å². The number of anilines is 1. The van der Waals surface area contributed by atoms with Crippen LogP contribution in [0.3, 0.4) is 0 Å². The number of rotatable bonds is 5. The molecular weight excluding hydrogens is 312 g/mol. The van der Waals surface area contributed by atoms with Crippen LogP contribution in [0.25, 0.3) is 0 Å². The molecule has 2 aromatic heterocycles. The highest BCUT2D eigenvalue weighted by Gasteiger charge is 2.53. The third-order valence-electron chi connectivity index (χ3n) is 4.64. The minimum Gasteiger partial charge on any atom is -0.376 e. The van der Waals surface area contributed by atoms with Crippen molar-refractivity contribution in [3.8, 4) is 0 Å². The molecule has 0 N–H and O–H groups in total. The first kappa shape index (κ1) is 15.0. The maximum atomic E-state index is 6.08. The quantitative estimate of drug-likeness (QED) is 0.835. The van der Waals surface area contributed by atoms with E-state index in [1.165, 1.54) is 0 Å². The Morgan fingerprint density at radius 1 is 1.35 bits per heavy atom. The van der Waals surface area contributed by atoms with E-state index in [-0.39, 0.29) is 5.60 Å². The van der Waals surface area contributed by atoms with E-state index in [9.17, 15) is 0 Å². The van der Waals surface area contributed by atoms with Gasteiger partial charge in [0.2, 0.25) is 5.13 Å². The Bertz CT molecular complexity index is 657. The van der Waals surface area contributed by atoms with Crippen molar-refractivity contribution in [1.82, 2.24) is 15.2 Å². The summed E-state index contributed by atoms with van der Waals surface area (Å²) in [6.07, 6.45) is 4.67. The molecule has 0 unspecified atom stereocenters. The molecule has 2 aliphatic rings. The van der Waals surface area contributed by atoms with Gasteiger partial charge in [-0.15, -0.1) is 10.2 Å². The largest absolute Gasteiger partial charge is 0.376 e. The van der Waals surface area contributed by atoms with Crippen LogP contribution in [0.5, 0.6) is 0 Å². The van der Waals surface area contributed by atoms with Gasteiger partial charge in [0.1, 0.15) is 10.6 Å². The average molecular weight is 332 g/mol. The minimum absolute atomic E-state index is 0.0577. The fourth-order valence-corrected chi connectivity index (χ4v) is 4.00. The lowest BCUT2D eigenvalue weighted by Crippen LogP contribution is -2.65. The Kier molecular flexibility index (Phi) is 4.00. The number of aromatic nitrogens is 3. The van der Waals surface area contributed by atoms with Gasteiger partial charge in [-0.05, 0) is 31.0 Å². The maximum absolute atomic E-state index is 6.08. The van der Waals surface area contributed by atoms with Crippen molar-refractivity contribution in [2.24, 2.45) is 5.92 Å². The second-order valence-electron chi connectivity index (χ2n) is 6.23. The van der Waals surface area contributed by atoms with Gasteiger partial charge >= 0.3 is 0 Å². The molecule has 1 spiro atoms. The predicted molar refractivity (Wildman–Crippen MR) is 87.5 cm³/mol. The van der Waals surface area contributed by atoms with Gasteiger partial charge in [0, 0.05) is 24.9 Å².